The highest BCUT2D eigenvalue weighted by atomic mass is 35.5. The summed E-state index contributed by atoms with van der Waals surface area (Å²) in [6.07, 6.45) is 1.83. The SMILES string of the molecule is CC(C)(C)c1cc(/C=C2/SC(=Nc3cc(Cl)ccc3Cl)NC2=O)cc(C(C)(C)C)c1O. The Morgan fingerprint density at radius 3 is 2.13 bits per heavy atom. The van der Waals surface area contributed by atoms with E-state index in [1.807, 2.05) is 18.2 Å². The van der Waals surface area contributed by atoms with Crippen LogP contribution in [0.3, 0.4) is 0 Å². The summed E-state index contributed by atoms with van der Waals surface area (Å²) in [5, 5.41) is 15.1. The Hall–Kier alpha value is -1.95. The summed E-state index contributed by atoms with van der Waals surface area (Å²) < 4.78 is 0. The average molecular weight is 477 g/mol. The third kappa shape index (κ3) is 5.46. The molecule has 3 rings (SSSR count). The first-order chi connectivity index (χ1) is 14.3. The van der Waals surface area contributed by atoms with Gasteiger partial charge in [-0.05, 0) is 64.6 Å². The normalized spacial score (nSPS) is 17.5. The molecule has 1 saturated heterocycles. The van der Waals surface area contributed by atoms with Crippen LogP contribution in [0.1, 0.15) is 58.2 Å². The maximum Gasteiger partial charge on any atom is 0.264 e. The molecule has 1 fully saturated rings. The van der Waals surface area contributed by atoms with E-state index in [4.69, 9.17) is 23.2 Å². The quantitative estimate of drug-likeness (QED) is 0.450. The number of amidine groups is 1. The highest BCUT2D eigenvalue weighted by Gasteiger charge is 2.28. The molecule has 0 spiro atoms. The standard InChI is InChI=1S/C24H26Cl2N2O2S/c1-23(2,3)15-9-13(10-16(20(15)29)24(4,5)6)11-19-21(30)28-22(31-19)27-18-12-14(25)7-8-17(18)26/h7-12,29H,1-6H3,(H,27,28,30)/b19-11+. The second kappa shape index (κ2) is 8.53. The zero-order valence-electron chi connectivity index (χ0n) is 18.4. The van der Waals surface area contributed by atoms with Crippen LogP contribution in [0.25, 0.3) is 6.08 Å². The fraction of sp³-hybridized carbons (Fsp3) is 0.333. The summed E-state index contributed by atoms with van der Waals surface area (Å²) in [4.78, 5) is 17.5. The van der Waals surface area contributed by atoms with Crippen LogP contribution in [0, 0.1) is 0 Å². The zero-order chi connectivity index (χ0) is 23.1. The van der Waals surface area contributed by atoms with Crippen LogP contribution in [0.15, 0.2) is 40.2 Å². The fourth-order valence-corrected chi connectivity index (χ4v) is 4.36. The Kier molecular flexibility index (Phi) is 6.52. The molecule has 1 heterocycles. The van der Waals surface area contributed by atoms with Crippen molar-refractivity contribution in [3.05, 3.63) is 62.0 Å². The molecule has 0 saturated carbocycles. The molecular formula is C24H26Cl2N2O2S. The summed E-state index contributed by atoms with van der Waals surface area (Å²) in [6, 6.07) is 8.88. The molecule has 0 atom stereocenters. The van der Waals surface area contributed by atoms with Crippen LogP contribution in [0.2, 0.25) is 10.0 Å². The van der Waals surface area contributed by atoms with Crippen molar-refractivity contribution in [2.75, 3.05) is 0 Å². The van der Waals surface area contributed by atoms with Crippen molar-refractivity contribution in [1.82, 2.24) is 5.32 Å². The molecule has 0 aliphatic carbocycles. The van der Waals surface area contributed by atoms with Gasteiger partial charge in [0.1, 0.15) is 5.75 Å². The third-order valence-corrected chi connectivity index (χ3v) is 6.29. The Labute approximate surface area is 197 Å². The van der Waals surface area contributed by atoms with Gasteiger partial charge < -0.3 is 10.4 Å². The smallest absolute Gasteiger partial charge is 0.264 e. The maximum absolute atomic E-state index is 12.6. The van der Waals surface area contributed by atoms with E-state index in [1.54, 1.807) is 18.2 Å². The minimum Gasteiger partial charge on any atom is -0.507 e. The first-order valence-electron chi connectivity index (χ1n) is 9.88. The second-order valence-corrected chi connectivity index (χ2v) is 11.4. The van der Waals surface area contributed by atoms with Crippen LogP contribution in [0.4, 0.5) is 5.69 Å². The van der Waals surface area contributed by atoms with Gasteiger partial charge in [-0.3, -0.25) is 4.79 Å². The Bertz CT molecular complexity index is 1070. The fourth-order valence-electron chi connectivity index (χ4n) is 3.20. The number of carbonyl (C=O) groups is 1. The topological polar surface area (TPSA) is 61.7 Å². The van der Waals surface area contributed by atoms with Gasteiger partial charge in [0.25, 0.3) is 5.91 Å². The molecule has 31 heavy (non-hydrogen) atoms. The summed E-state index contributed by atoms with van der Waals surface area (Å²) in [5.41, 5.74) is 2.53. The van der Waals surface area contributed by atoms with E-state index in [-0.39, 0.29) is 16.7 Å². The van der Waals surface area contributed by atoms with E-state index in [2.05, 4.69) is 51.9 Å². The number of halogens is 2. The number of phenolic OH excluding ortho intramolecular Hbond substituents is 1. The number of nitrogens with one attached hydrogen (secondary N) is 1. The number of nitrogens with zero attached hydrogens (tertiary/aromatic N) is 1. The van der Waals surface area contributed by atoms with Crippen molar-refractivity contribution in [2.24, 2.45) is 4.99 Å². The van der Waals surface area contributed by atoms with Crippen molar-refractivity contribution >= 4 is 57.8 Å². The Morgan fingerprint density at radius 1 is 1.00 bits per heavy atom. The van der Waals surface area contributed by atoms with Gasteiger partial charge >= 0.3 is 0 Å². The highest BCUT2D eigenvalue weighted by Crippen LogP contribution is 2.41. The van der Waals surface area contributed by atoms with Crippen LogP contribution in [-0.2, 0) is 15.6 Å². The molecule has 0 unspecified atom stereocenters. The summed E-state index contributed by atoms with van der Waals surface area (Å²) in [5.74, 6) is 0.0770. The van der Waals surface area contributed by atoms with E-state index in [0.29, 0.717) is 31.6 Å². The minimum absolute atomic E-state index is 0.232. The number of thioether (sulfide) groups is 1. The Morgan fingerprint density at radius 2 is 1.58 bits per heavy atom. The monoisotopic (exact) mass is 476 g/mol. The summed E-state index contributed by atoms with van der Waals surface area (Å²) in [7, 11) is 0. The molecule has 2 aromatic carbocycles. The molecule has 1 aliphatic rings. The first-order valence-corrected chi connectivity index (χ1v) is 11.5. The minimum atomic E-state index is -0.250. The molecule has 1 amide bonds. The molecule has 0 aromatic heterocycles. The van der Waals surface area contributed by atoms with E-state index < -0.39 is 0 Å². The van der Waals surface area contributed by atoms with Gasteiger partial charge in [0.05, 0.1) is 15.6 Å². The number of hydrogen-bond donors (Lipinski definition) is 2. The van der Waals surface area contributed by atoms with Gasteiger partial charge in [-0.15, -0.1) is 0 Å². The van der Waals surface area contributed by atoms with Gasteiger partial charge in [-0.25, -0.2) is 4.99 Å². The number of carbonyl (C=O) groups excluding carboxylic acids is 1. The van der Waals surface area contributed by atoms with E-state index in [1.165, 1.54) is 11.8 Å². The first kappa shape index (κ1) is 23.7. The number of aliphatic imine (C=N–C) groups is 1. The number of aromatic hydroxyl groups is 1. The number of hydrogen-bond acceptors (Lipinski definition) is 4. The molecule has 7 heteroatoms. The van der Waals surface area contributed by atoms with E-state index >= 15 is 0 Å². The lowest BCUT2D eigenvalue weighted by Crippen LogP contribution is -2.19. The lowest BCUT2D eigenvalue weighted by molar-refractivity contribution is -0.115. The molecule has 0 bridgehead atoms. The van der Waals surface area contributed by atoms with Crippen LogP contribution >= 0.6 is 35.0 Å². The van der Waals surface area contributed by atoms with E-state index in [0.717, 1.165) is 16.7 Å². The molecule has 2 N–H and O–H groups in total. The van der Waals surface area contributed by atoms with Crippen molar-refractivity contribution in [3.8, 4) is 5.75 Å². The molecule has 164 valence electrons. The van der Waals surface area contributed by atoms with Gasteiger partial charge in [0, 0.05) is 16.1 Å². The van der Waals surface area contributed by atoms with Crippen molar-refractivity contribution in [1.29, 1.82) is 0 Å². The lowest BCUT2D eigenvalue weighted by Gasteiger charge is -2.28. The molecule has 4 nitrogen and oxygen atoms in total. The predicted octanol–water partition coefficient (Wildman–Crippen LogP) is 7.19. The molecular weight excluding hydrogens is 451 g/mol. The van der Waals surface area contributed by atoms with Crippen molar-refractivity contribution in [2.45, 2.75) is 52.4 Å². The second-order valence-electron chi connectivity index (χ2n) is 9.54. The van der Waals surface area contributed by atoms with Gasteiger partial charge in [0.15, 0.2) is 5.17 Å². The van der Waals surface area contributed by atoms with E-state index in [9.17, 15) is 9.90 Å². The third-order valence-electron chi connectivity index (χ3n) is 4.83. The van der Waals surface area contributed by atoms with Crippen molar-refractivity contribution in [3.63, 3.8) is 0 Å². The number of amides is 1. The number of phenols is 1. The average Bonchev–Trinajstić information content (AvgIpc) is 2.96. The van der Waals surface area contributed by atoms with Gasteiger partial charge in [0.2, 0.25) is 0 Å². The highest BCUT2D eigenvalue weighted by molar-refractivity contribution is 8.18. The summed E-state index contributed by atoms with van der Waals surface area (Å²) >= 11 is 13.5. The number of rotatable bonds is 2. The van der Waals surface area contributed by atoms with Crippen LogP contribution in [0.5, 0.6) is 5.75 Å². The number of benzene rings is 2. The predicted molar refractivity (Wildman–Crippen MR) is 133 cm³/mol. The maximum atomic E-state index is 12.6. The van der Waals surface area contributed by atoms with Crippen LogP contribution < -0.4 is 5.32 Å². The molecule has 1 aliphatic heterocycles. The lowest BCUT2D eigenvalue weighted by atomic mass is 9.78. The van der Waals surface area contributed by atoms with Crippen LogP contribution in [-0.4, -0.2) is 16.2 Å². The largest absolute Gasteiger partial charge is 0.507 e. The Balaban J connectivity index is 2.02. The zero-order valence-corrected chi connectivity index (χ0v) is 20.8. The summed E-state index contributed by atoms with van der Waals surface area (Å²) in [6.45, 7) is 12.3. The van der Waals surface area contributed by atoms with Crippen molar-refractivity contribution < 1.29 is 9.90 Å². The molecule has 2 aromatic rings. The molecule has 0 radical (unpaired) electrons. The van der Waals surface area contributed by atoms with Gasteiger partial charge in [-0.2, -0.15) is 0 Å². The van der Waals surface area contributed by atoms with Gasteiger partial charge in [-0.1, -0.05) is 64.7 Å².